The highest BCUT2D eigenvalue weighted by atomic mass is 16.2. The number of hydrogen-bond acceptors (Lipinski definition) is 3. The lowest BCUT2D eigenvalue weighted by atomic mass is 10.1. The van der Waals surface area contributed by atoms with Crippen LogP contribution in [0.4, 0.5) is 11.4 Å². The standard InChI is InChI=1S/C18H31N3O/c1-6-9-12-20(5)14-18(22)19-17-11-10-16(13-15(17)4)21(7-2)8-3/h10-11,13H,6-9,12,14H2,1-5H3,(H,19,22). The number of nitrogens with one attached hydrogen (secondary N) is 1. The number of rotatable bonds is 9. The molecule has 0 radical (unpaired) electrons. The maximum Gasteiger partial charge on any atom is 0.238 e. The predicted molar refractivity (Wildman–Crippen MR) is 95.8 cm³/mol. The number of nitrogens with zero attached hydrogens (tertiary/aromatic N) is 2. The smallest absolute Gasteiger partial charge is 0.238 e. The van der Waals surface area contributed by atoms with Gasteiger partial charge in [-0.2, -0.15) is 0 Å². The van der Waals surface area contributed by atoms with Crippen LogP contribution in [0.5, 0.6) is 0 Å². The van der Waals surface area contributed by atoms with Crippen molar-refractivity contribution in [2.75, 3.05) is 43.4 Å². The molecule has 1 amide bonds. The molecule has 0 heterocycles. The van der Waals surface area contributed by atoms with Crippen LogP contribution in [-0.4, -0.2) is 44.0 Å². The van der Waals surface area contributed by atoms with Crippen LogP contribution in [0.2, 0.25) is 0 Å². The van der Waals surface area contributed by atoms with E-state index in [1.165, 1.54) is 5.69 Å². The Morgan fingerprint density at radius 2 is 1.86 bits per heavy atom. The van der Waals surface area contributed by atoms with Gasteiger partial charge >= 0.3 is 0 Å². The Balaban J connectivity index is 2.64. The SMILES string of the molecule is CCCCN(C)CC(=O)Nc1ccc(N(CC)CC)cc1C. The summed E-state index contributed by atoms with van der Waals surface area (Å²) in [6.07, 6.45) is 2.28. The molecule has 0 aliphatic rings. The van der Waals surface area contributed by atoms with Gasteiger partial charge < -0.3 is 10.2 Å². The first kappa shape index (κ1) is 18.5. The van der Waals surface area contributed by atoms with Gasteiger partial charge in [-0.1, -0.05) is 13.3 Å². The first-order chi connectivity index (χ1) is 10.5. The molecule has 0 bridgehead atoms. The van der Waals surface area contributed by atoms with Gasteiger partial charge in [0.1, 0.15) is 0 Å². The van der Waals surface area contributed by atoms with Crippen LogP contribution >= 0.6 is 0 Å². The Morgan fingerprint density at radius 3 is 2.41 bits per heavy atom. The van der Waals surface area contributed by atoms with Crippen LogP contribution < -0.4 is 10.2 Å². The Hall–Kier alpha value is -1.55. The molecule has 0 aliphatic heterocycles. The second kappa shape index (κ2) is 9.46. The normalized spacial score (nSPS) is 10.8. The van der Waals surface area contributed by atoms with Crippen molar-refractivity contribution in [2.24, 2.45) is 0 Å². The fraction of sp³-hybridized carbons (Fsp3) is 0.611. The van der Waals surface area contributed by atoms with Gasteiger partial charge in [-0.3, -0.25) is 9.69 Å². The van der Waals surface area contributed by atoms with E-state index in [9.17, 15) is 4.79 Å². The molecular formula is C18H31N3O. The maximum absolute atomic E-state index is 12.1. The van der Waals surface area contributed by atoms with Crippen molar-refractivity contribution in [2.45, 2.75) is 40.5 Å². The summed E-state index contributed by atoms with van der Waals surface area (Å²) in [6, 6.07) is 6.23. The summed E-state index contributed by atoms with van der Waals surface area (Å²) in [4.78, 5) is 16.5. The average molecular weight is 305 g/mol. The molecule has 1 N–H and O–H groups in total. The van der Waals surface area contributed by atoms with Crippen LogP contribution in [0.3, 0.4) is 0 Å². The zero-order valence-electron chi connectivity index (χ0n) is 14.8. The number of carbonyl (C=O) groups is 1. The third kappa shape index (κ3) is 5.68. The van der Waals surface area contributed by atoms with Gasteiger partial charge in [-0.05, 0) is 64.5 Å². The average Bonchev–Trinajstić information content (AvgIpc) is 2.49. The fourth-order valence-corrected chi connectivity index (χ4v) is 2.52. The molecule has 0 atom stereocenters. The molecule has 0 aromatic heterocycles. The van der Waals surface area contributed by atoms with Crippen molar-refractivity contribution >= 4 is 17.3 Å². The van der Waals surface area contributed by atoms with Crippen LogP contribution in [0.25, 0.3) is 0 Å². The largest absolute Gasteiger partial charge is 0.372 e. The number of likely N-dealkylation sites (N-methyl/N-ethyl adjacent to an activating group) is 1. The maximum atomic E-state index is 12.1. The van der Waals surface area contributed by atoms with Crippen molar-refractivity contribution in [3.63, 3.8) is 0 Å². The van der Waals surface area contributed by atoms with Gasteiger partial charge in [0.25, 0.3) is 0 Å². The van der Waals surface area contributed by atoms with Crippen LogP contribution in [0.15, 0.2) is 18.2 Å². The number of hydrogen-bond donors (Lipinski definition) is 1. The Bertz CT molecular complexity index is 469. The van der Waals surface area contributed by atoms with E-state index in [2.05, 4.69) is 48.0 Å². The molecule has 124 valence electrons. The van der Waals surface area contributed by atoms with Crippen molar-refractivity contribution < 1.29 is 4.79 Å². The topological polar surface area (TPSA) is 35.6 Å². The van der Waals surface area contributed by atoms with Gasteiger partial charge in [-0.25, -0.2) is 0 Å². The van der Waals surface area contributed by atoms with Crippen molar-refractivity contribution in [3.8, 4) is 0 Å². The van der Waals surface area contributed by atoms with Crippen molar-refractivity contribution in [1.29, 1.82) is 0 Å². The Morgan fingerprint density at radius 1 is 1.18 bits per heavy atom. The number of anilines is 2. The molecule has 0 saturated heterocycles. The van der Waals surface area contributed by atoms with E-state index in [-0.39, 0.29) is 5.91 Å². The van der Waals surface area contributed by atoms with Gasteiger partial charge in [0, 0.05) is 24.5 Å². The highest BCUT2D eigenvalue weighted by Crippen LogP contribution is 2.22. The highest BCUT2D eigenvalue weighted by molar-refractivity contribution is 5.93. The minimum atomic E-state index is 0.0530. The molecular weight excluding hydrogens is 274 g/mol. The Labute approximate surface area is 135 Å². The molecule has 1 aromatic rings. The van der Waals surface area contributed by atoms with E-state index < -0.39 is 0 Å². The summed E-state index contributed by atoms with van der Waals surface area (Å²) in [5, 5.41) is 3.02. The zero-order valence-corrected chi connectivity index (χ0v) is 14.8. The van der Waals surface area contributed by atoms with E-state index >= 15 is 0 Å². The van der Waals surface area contributed by atoms with Gasteiger partial charge in [0.2, 0.25) is 5.91 Å². The molecule has 4 heteroatoms. The molecule has 1 rings (SSSR count). The first-order valence-corrected chi connectivity index (χ1v) is 8.35. The summed E-state index contributed by atoms with van der Waals surface area (Å²) in [7, 11) is 1.99. The molecule has 0 saturated carbocycles. The predicted octanol–water partition coefficient (Wildman–Crippen LogP) is 3.51. The molecule has 4 nitrogen and oxygen atoms in total. The van der Waals surface area contributed by atoms with E-state index in [1.54, 1.807) is 0 Å². The first-order valence-electron chi connectivity index (χ1n) is 8.35. The molecule has 0 unspecified atom stereocenters. The third-order valence-electron chi connectivity index (χ3n) is 3.92. The summed E-state index contributed by atoms with van der Waals surface area (Å²) in [6.45, 7) is 11.9. The number of benzene rings is 1. The molecule has 0 aliphatic carbocycles. The van der Waals surface area contributed by atoms with E-state index in [0.29, 0.717) is 6.54 Å². The quantitative estimate of drug-likeness (QED) is 0.758. The van der Waals surface area contributed by atoms with Gasteiger partial charge in [0.05, 0.1) is 6.54 Å². The van der Waals surface area contributed by atoms with Crippen molar-refractivity contribution in [3.05, 3.63) is 23.8 Å². The summed E-state index contributed by atoms with van der Waals surface area (Å²) >= 11 is 0. The van der Waals surface area contributed by atoms with Gasteiger partial charge in [0.15, 0.2) is 0 Å². The van der Waals surface area contributed by atoms with Crippen LogP contribution in [0.1, 0.15) is 39.2 Å². The van der Waals surface area contributed by atoms with E-state index in [0.717, 1.165) is 43.7 Å². The van der Waals surface area contributed by atoms with Crippen LogP contribution in [-0.2, 0) is 4.79 Å². The lowest BCUT2D eigenvalue weighted by Crippen LogP contribution is -2.31. The molecule has 1 aromatic carbocycles. The van der Waals surface area contributed by atoms with Crippen LogP contribution in [0, 0.1) is 6.92 Å². The number of amides is 1. The zero-order chi connectivity index (χ0) is 16.5. The minimum Gasteiger partial charge on any atom is -0.372 e. The summed E-state index contributed by atoms with van der Waals surface area (Å²) < 4.78 is 0. The minimum absolute atomic E-state index is 0.0530. The lowest BCUT2D eigenvalue weighted by molar-refractivity contribution is -0.117. The van der Waals surface area contributed by atoms with E-state index in [1.807, 2.05) is 20.0 Å². The van der Waals surface area contributed by atoms with Gasteiger partial charge in [-0.15, -0.1) is 0 Å². The Kier molecular flexibility index (Phi) is 7.96. The summed E-state index contributed by atoms with van der Waals surface area (Å²) in [5.41, 5.74) is 3.22. The highest BCUT2D eigenvalue weighted by Gasteiger charge is 2.09. The monoisotopic (exact) mass is 305 g/mol. The molecule has 0 spiro atoms. The number of unbranched alkanes of at least 4 members (excludes halogenated alkanes) is 1. The second-order valence-electron chi connectivity index (χ2n) is 5.81. The summed E-state index contributed by atoms with van der Waals surface area (Å²) in [5.74, 6) is 0.0530. The second-order valence-corrected chi connectivity index (χ2v) is 5.81. The number of aryl methyl sites for hydroxylation is 1. The van der Waals surface area contributed by atoms with E-state index in [4.69, 9.17) is 0 Å². The lowest BCUT2D eigenvalue weighted by Gasteiger charge is -2.22. The fourth-order valence-electron chi connectivity index (χ4n) is 2.52. The third-order valence-corrected chi connectivity index (χ3v) is 3.92. The molecule has 22 heavy (non-hydrogen) atoms. The molecule has 0 fully saturated rings. The van der Waals surface area contributed by atoms with Crippen molar-refractivity contribution in [1.82, 2.24) is 4.90 Å². The number of carbonyl (C=O) groups excluding carboxylic acids is 1.